The number of nitrogens with zero attached hydrogens (tertiary/aromatic N) is 3. The van der Waals surface area contributed by atoms with Crippen LogP contribution in [0.2, 0.25) is 0 Å². The fourth-order valence-corrected chi connectivity index (χ4v) is 3.90. The molecule has 1 aromatic carbocycles. The van der Waals surface area contributed by atoms with Crippen molar-refractivity contribution >= 4 is 6.09 Å². The summed E-state index contributed by atoms with van der Waals surface area (Å²) in [6.45, 7) is 8.07. The van der Waals surface area contributed by atoms with Crippen LogP contribution in [0, 0.1) is 5.92 Å². The maximum atomic E-state index is 12.2. The molecule has 0 spiro atoms. The number of carbonyl (C=O) groups excluding carboxylic acids is 1. The zero-order chi connectivity index (χ0) is 18.2. The van der Waals surface area contributed by atoms with Crippen LogP contribution < -0.4 is 0 Å². The standard InChI is InChI=1S/C21H33N3O2/c1-22-11-5-12-23(17-16-22)13-8-19-9-14-24(15-10-19)21(25)26-18-20-6-3-2-4-7-20/h2-4,6-7,19H,5,8-18H2,1H3. The van der Waals surface area contributed by atoms with Gasteiger partial charge < -0.3 is 19.4 Å². The highest BCUT2D eigenvalue weighted by atomic mass is 16.6. The Morgan fingerprint density at radius 1 is 1.04 bits per heavy atom. The van der Waals surface area contributed by atoms with E-state index in [9.17, 15) is 4.79 Å². The van der Waals surface area contributed by atoms with E-state index in [0.717, 1.165) is 37.4 Å². The van der Waals surface area contributed by atoms with E-state index >= 15 is 0 Å². The molecule has 0 unspecified atom stereocenters. The zero-order valence-corrected chi connectivity index (χ0v) is 16.1. The molecular formula is C21H33N3O2. The molecule has 0 aliphatic carbocycles. The summed E-state index contributed by atoms with van der Waals surface area (Å²) in [6.07, 6.45) is 4.59. The molecule has 144 valence electrons. The monoisotopic (exact) mass is 359 g/mol. The van der Waals surface area contributed by atoms with Crippen molar-refractivity contribution in [1.29, 1.82) is 0 Å². The molecule has 1 amide bonds. The third-order valence-corrected chi connectivity index (χ3v) is 5.74. The third kappa shape index (κ3) is 5.99. The topological polar surface area (TPSA) is 36.0 Å². The molecule has 2 aliphatic heterocycles. The Labute approximate surface area is 157 Å². The molecule has 0 radical (unpaired) electrons. The Kier molecular flexibility index (Phi) is 7.32. The van der Waals surface area contributed by atoms with Crippen LogP contribution >= 0.6 is 0 Å². The minimum Gasteiger partial charge on any atom is -0.445 e. The Morgan fingerprint density at radius 3 is 2.58 bits per heavy atom. The quantitative estimate of drug-likeness (QED) is 0.810. The van der Waals surface area contributed by atoms with Crippen molar-refractivity contribution in [3.8, 4) is 0 Å². The van der Waals surface area contributed by atoms with E-state index in [0.29, 0.717) is 6.61 Å². The Balaban J connectivity index is 1.32. The second kappa shape index (κ2) is 9.93. The minimum absolute atomic E-state index is 0.164. The lowest BCUT2D eigenvalue weighted by Gasteiger charge is -2.32. The molecule has 0 aromatic heterocycles. The SMILES string of the molecule is CN1CCCN(CCC2CCN(C(=O)OCc3ccccc3)CC2)CC1. The number of likely N-dealkylation sites (tertiary alicyclic amines) is 1. The maximum absolute atomic E-state index is 12.2. The second-order valence-corrected chi connectivity index (χ2v) is 7.76. The Hall–Kier alpha value is -1.59. The van der Waals surface area contributed by atoms with Gasteiger partial charge in [0.2, 0.25) is 0 Å². The van der Waals surface area contributed by atoms with Gasteiger partial charge >= 0.3 is 6.09 Å². The van der Waals surface area contributed by atoms with Crippen LogP contribution in [-0.4, -0.2) is 73.7 Å². The lowest BCUT2D eigenvalue weighted by atomic mass is 9.93. The van der Waals surface area contributed by atoms with Crippen LogP contribution in [0.15, 0.2) is 30.3 Å². The van der Waals surface area contributed by atoms with E-state index in [4.69, 9.17) is 4.74 Å². The molecule has 2 aliphatic rings. The summed E-state index contributed by atoms with van der Waals surface area (Å²) >= 11 is 0. The lowest BCUT2D eigenvalue weighted by Crippen LogP contribution is -2.39. The first-order chi connectivity index (χ1) is 12.7. The lowest BCUT2D eigenvalue weighted by molar-refractivity contribution is 0.0802. The normalized spacial score (nSPS) is 20.7. The van der Waals surface area contributed by atoms with E-state index < -0.39 is 0 Å². The van der Waals surface area contributed by atoms with Crippen LogP contribution in [-0.2, 0) is 11.3 Å². The van der Waals surface area contributed by atoms with Crippen molar-refractivity contribution in [3.05, 3.63) is 35.9 Å². The van der Waals surface area contributed by atoms with Crippen LogP contribution in [0.5, 0.6) is 0 Å². The highest BCUT2D eigenvalue weighted by Gasteiger charge is 2.24. The average Bonchev–Trinajstić information content (AvgIpc) is 2.90. The number of hydrogen-bond donors (Lipinski definition) is 0. The number of benzene rings is 1. The summed E-state index contributed by atoms with van der Waals surface area (Å²) < 4.78 is 5.46. The number of hydrogen-bond acceptors (Lipinski definition) is 4. The summed E-state index contributed by atoms with van der Waals surface area (Å²) in [4.78, 5) is 19.2. The first kappa shape index (κ1) is 19.2. The van der Waals surface area contributed by atoms with E-state index in [2.05, 4.69) is 16.8 Å². The van der Waals surface area contributed by atoms with Gasteiger partial charge in [-0.15, -0.1) is 0 Å². The molecule has 3 rings (SSSR count). The molecule has 1 aromatic rings. The molecule has 26 heavy (non-hydrogen) atoms. The van der Waals surface area contributed by atoms with Crippen LogP contribution in [0.3, 0.4) is 0 Å². The molecule has 0 bridgehead atoms. The number of carbonyl (C=O) groups is 1. The van der Waals surface area contributed by atoms with Crippen LogP contribution in [0.4, 0.5) is 4.79 Å². The van der Waals surface area contributed by atoms with Gasteiger partial charge in [-0.1, -0.05) is 30.3 Å². The second-order valence-electron chi connectivity index (χ2n) is 7.76. The Bertz CT molecular complexity index is 543. The van der Waals surface area contributed by atoms with Gasteiger partial charge in [0, 0.05) is 26.2 Å². The molecule has 2 fully saturated rings. The molecule has 5 nitrogen and oxygen atoms in total. The third-order valence-electron chi connectivity index (χ3n) is 5.74. The van der Waals surface area contributed by atoms with Crippen molar-refractivity contribution in [2.75, 3.05) is 52.9 Å². The van der Waals surface area contributed by atoms with Crippen LogP contribution in [0.25, 0.3) is 0 Å². The largest absolute Gasteiger partial charge is 0.445 e. The predicted octanol–water partition coefficient (Wildman–Crippen LogP) is 3.06. The Morgan fingerprint density at radius 2 is 1.81 bits per heavy atom. The van der Waals surface area contributed by atoms with Gasteiger partial charge in [0.15, 0.2) is 0 Å². The molecule has 2 saturated heterocycles. The summed E-state index contributed by atoms with van der Waals surface area (Å²) in [5.41, 5.74) is 1.04. The number of piperidine rings is 1. The predicted molar refractivity (Wildman–Crippen MR) is 104 cm³/mol. The van der Waals surface area contributed by atoms with Gasteiger partial charge in [-0.3, -0.25) is 0 Å². The van der Waals surface area contributed by atoms with E-state index in [1.165, 1.54) is 45.6 Å². The van der Waals surface area contributed by atoms with Gasteiger partial charge in [-0.05, 0) is 63.8 Å². The summed E-state index contributed by atoms with van der Waals surface area (Å²) in [5, 5.41) is 0. The number of ether oxygens (including phenoxy) is 1. The van der Waals surface area contributed by atoms with Crippen molar-refractivity contribution in [2.45, 2.75) is 32.3 Å². The number of rotatable bonds is 5. The van der Waals surface area contributed by atoms with Crippen molar-refractivity contribution in [3.63, 3.8) is 0 Å². The van der Waals surface area contributed by atoms with Gasteiger partial charge in [0.25, 0.3) is 0 Å². The minimum atomic E-state index is -0.164. The van der Waals surface area contributed by atoms with Crippen LogP contribution in [0.1, 0.15) is 31.2 Å². The first-order valence-electron chi connectivity index (χ1n) is 10.1. The van der Waals surface area contributed by atoms with Crippen molar-refractivity contribution < 1.29 is 9.53 Å². The molecule has 0 N–H and O–H groups in total. The highest BCUT2D eigenvalue weighted by molar-refractivity contribution is 5.67. The van der Waals surface area contributed by atoms with Gasteiger partial charge in [-0.2, -0.15) is 0 Å². The maximum Gasteiger partial charge on any atom is 0.410 e. The van der Waals surface area contributed by atoms with Crippen molar-refractivity contribution in [2.24, 2.45) is 5.92 Å². The summed E-state index contributed by atoms with van der Waals surface area (Å²) in [7, 11) is 2.22. The smallest absolute Gasteiger partial charge is 0.410 e. The average molecular weight is 360 g/mol. The first-order valence-corrected chi connectivity index (χ1v) is 10.1. The molecule has 0 atom stereocenters. The fraction of sp³-hybridized carbons (Fsp3) is 0.667. The molecule has 2 heterocycles. The molecule has 5 heteroatoms. The van der Waals surface area contributed by atoms with E-state index in [1.54, 1.807) is 0 Å². The molecular weight excluding hydrogens is 326 g/mol. The summed E-state index contributed by atoms with van der Waals surface area (Å²) in [5.74, 6) is 0.745. The van der Waals surface area contributed by atoms with Gasteiger partial charge in [0.05, 0.1) is 0 Å². The molecule has 0 saturated carbocycles. The van der Waals surface area contributed by atoms with Gasteiger partial charge in [-0.25, -0.2) is 4.79 Å². The van der Waals surface area contributed by atoms with E-state index in [-0.39, 0.29) is 6.09 Å². The number of likely N-dealkylation sites (N-methyl/N-ethyl adjacent to an activating group) is 1. The van der Waals surface area contributed by atoms with Crippen molar-refractivity contribution in [1.82, 2.24) is 14.7 Å². The van der Waals surface area contributed by atoms with E-state index in [1.807, 2.05) is 35.2 Å². The zero-order valence-electron chi connectivity index (χ0n) is 16.1. The highest BCUT2D eigenvalue weighted by Crippen LogP contribution is 2.22. The summed E-state index contributed by atoms with van der Waals surface area (Å²) in [6, 6.07) is 9.88. The van der Waals surface area contributed by atoms with Gasteiger partial charge in [0.1, 0.15) is 6.61 Å². The fourth-order valence-electron chi connectivity index (χ4n) is 3.90. The number of amides is 1.